The summed E-state index contributed by atoms with van der Waals surface area (Å²) >= 11 is 0. The highest BCUT2D eigenvalue weighted by atomic mass is 16.5. The lowest BCUT2D eigenvalue weighted by Gasteiger charge is -2.40. The van der Waals surface area contributed by atoms with Crippen LogP contribution in [0.5, 0.6) is 0 Å². The van der Waals surface area contributed by atoms with Gasteiger partial charge in [0.2, 0.25) is 5.91 Å². The van der Waals surface area contributed by atoms with Gasteiger partial charge in [-0.05, 0) is 29.2 Å². The van der Waals surface area contributed by atoms with Crippen molar-refractivity contribution in [3.05, 3.63) is 59.7 Å². The number of carbonyl (C=O) groups is 3. The lowest BCUT2D eigenvalue weighted by atomic mass is 9.88. The second-order valence-corrected chi connectivity index (χ2v) is 9.23. The molecule has 1 unspecified atom stereocenters. The van der Waals surface area contributed by atoms with Crippen molar-refractivity contribution in [3.63, 3.8) is 0 Å². The molecule has 4 rings (SSSR count). The minimum absolute atomic E-state index is 0.0691. The molecule has 8 nitrogen and oxygen atoms in total. The third-order valence-corrected chi connectivity index (χ3v) is 7.03. The number of rotatable bonds is 8. The molecule has 1 aliphatic carbocycles. The van der Waals surface area contributed by atoms with E-state index in [9.17, 15) is 19.5 Å². The first-order chi connectivity index (χ1) is 16.9. The molecule has 0 saturated carbocycles. The van der Waals surface area contributed by atoms with Crippen LogP contribution in [-0.2, 0) is 19.1 Å². The molecule has 2 aliphatic rings. The zero-order valence-electron chi connectivity index (χ0n) is 20.2. The van der Waals surface area contributed by atoms with Gasteiger partial charge in [-0.15, -0.1) is 0 Å². The summed E-state index contributed by atoms with van der Waals surface area (Å²) in [5.41, 5.74) is 3.31. The third-order valence-electron chi connectivity index (χ3n) is 7.03. The first-order valence-corrected chi connectivity index (χ1v) is 12.1. The van der Waals surface area contributed by atoms with Crippen LogP contribution in [0, 0.1) is 5.92 Å². The van der Waals surface area contributed by atoms with E-state index >= 15 is 0 Å². The molecule has 8 heteroatoms. The molecule has 2 N–H and O–H groups in total. The molecule has 0 radical (unpaired) electrons. The Morgan fingerprint density at radius 1 is 1.09 bits per heavy atom. The Morgan fingerprint density at radius 3 is 2.20 bits per heavy atom. The Labute approximate surface area is 205 Å². The topological polar surface area (TPSA) is 105 Å². The minimum Gasteiger partial charge on any atom is -0.481 e. The first-order valence-electron chi connectivity index (χ1n) is 12.1. The van der Waals surface area contributed by atoms with Crippen LogP contribution < -0.4 is 5.32 Å². The summed E-state index contributed by atoms with van der Waals surface area (Å²) in [6.45, 7) is 4.56. The van der Waals surface area contributed by atoms with Crippen molar-refractivity contribution in [3.8, 4) is 11.1 Å². The number of likely N-dealkylation sites (N-methyl/N-ethyl adjacent to an activating group) is 1. The number of benzene rings is 2. The normalized spacial score (nSPS) is 17.1. The zero-order valence-corrected chi connectivity index (χ0v) is 20.2. The van der Waals surface area contributed by atoms with Crippen LogP contribution in [0.2, 0.25) is 0 Å². The second-order valence-electron chi connectivity index (χ2n) is 9.23. The summed E-state index contributed by atoms with van der Waals surface area (Å²) in [5, 5.41) is 12.1. The van der Waals surface area contributed by atoms with Crippen LogP contribution in [0.3, 0.4) is 0 Å². The number of carboxylic acid groups (broad SMARTS) is 1. The van der Waals surface area contributed by atoms with Gasteiger partial charge in [-0.25, -0.2) is 4.79 Å². The molecule has 1 aliphatic heterocycles. The van der Waals surface area contributed by atoms with E-state index in [0.29, 0.717) is 32.6 Å². The molecule has 1 heterocycles. The van der Waals surface area contributed by atoms with Crippen LogP contribution in [-0.4, -0.2) is 66.4 Å². The predicted octanol–water partition coefficient (Wildman–Crippen LogP) is 3.64. The molecule has 0 spiro atoms. The summed E-state index contributed by atoms with van der Waals surface area (Å²) < 4.78 is 11.1. The highest BCUT2D eigenvalue weighted by molar-refractivity contribution is 5.90. The number of fused-ring (bicyclic) bond motifs is 3. The van der Waals surface area contributed by atoms with Gasteiger partial charge in [0.05, 0.1) is 5.92 Å². The monoisotopic (exact) mass is 480 g/mol. The van der Waals surface area contributed by atoms with Crippen molar-refractivity contribution < 1.29 is 29.0 Å². The van der Waals surface area contributed by atoms with Gasteiger partial charge >= 0.3 is 12.1 Å². The van der Waals surface area contributed by atoms with E-state index in [-0.39, 0.29) is 25.0 Å². The fourth-order valence-electron chi connectivity index (χ4n) is 5.01. The van der Waals surface area contributed by atoms with E-state index in [0.717, 1.165) is 22.3 Å². The molecule has 1 fully saturated rings. The largest absolute Gasteiger partial charge is 0.481 e. The summed E-state index contributed by atoms with van der Waals surface area (Å²) in [6, 6.07) is 16.2. The van der Waals surface area contributed by atoms with Gasteiger partial charge in [0.1, 0.15) is 12.1 Å². The van der Waals surface area contributed by atoms with E-state index in [4.69, 9.17) is 9.47 Å². The highest BCUT2D eigenvalue weighted by Crippen LogP contribution is 2.44. The van der Waals surface area contributed by atoms with E-state index < -0.39 is 23.5 Å². The minimum atomic E-state index is -1.19. The summed E-state index contributed by atoms with van der Waals surface area (Å²) in [5.74, 6) is -2.07. The maximum Gasteiger partial charge on any atom is 0.408 e. The fourth-order valence-corrected chi connectivity index (χ4v) is 5.01. The van der Waals surface area contributed by atoms with Crippen molar-refractivity contribution in [1.82, 2.24) is 10.2 Å². The number of aliphatic carboxylic acids is 1. The highest BCUT2D eigenvalue weighted by Gasteiger charge is 2.44. The first kappa shape index (κ1) is 24.7. The maximum atomic E-state index is 13.5. The Kier molecular flexibility index (Phi) is 7.40. The molecule has 35 heavy (non-hydrogen) atoms. The SMILES string of the molecule is CCN(CC(C)C(=O)O)C(=O)C1(NC(=O)OCC2c3ccccc3-c3ccccc32)CCOCC1. The van der Waals surface area contributed by atoms with Crippen LogP contribution >= 0.6 is 0 Å². The number of nitrogens with zero attached hydrogens (tertiary/aromatic N) is 1. The van der Waals surface area contributed by atoms with Crippen molar-refractivity contribution >= 4 is 18.0 Å². The van der Waals surface area contributed by atoms with Crippen LogP contribution in [0.25, 0.3) is 11.1 Å². The second kappa shape index (κ2) is 10.5. The fraction of sp³-hybridized carbons (Fsp3) is 0.444. The van der Waals surface area contributed by atoms with E-state index in [1.165, 1.54) is 4.90 Å². The lowest BCUT2D eigenvalue weighted by molar-refractivity contribution is -0.146. The molecule has 186 valence electrons. The van der Waals surface area contributed by atoms with Gasteiger partial charge in [0, 0.05) is 45.1 Å². The van der Waals surface area contributed by atoms with Crippen LogP contribution in [0.15, 0.2) is 48.5 Å². The van der Waals surface area contributed by atoms with Gasteiger partial charge in [-0.3, -0.25) is 9.59 Å². The van der Waals surface area contributed by atoms with Crippen molar-refractivity contribution in [2.75, 3.05) is 32.9 Å². The van der Waals surface area contributed by atoms with Gasteiger partial charge in [0.25, 0.3) is 0 Å². The number of hydrogen-bond acceptors (Lipinski definition) is 5. The Hall–Kier alpha value is -3.39. The molecular weight excluding hydrogens is 448 g/mol. The third kappa shape index (κ3) is 5.03. The number of carbonyl (C=O) groups excluding carboxylic acids is 2. The van der Waals surface area contributed by atoms with Gasteiger partial charge in [-0.1, -0.05) is 55.5 Å². The van der Waals surface area contributed by atoms with Crippen molar-refractivity contribution in [2.24, 2.45) is 5.92 Å². The van der Waals surface area contributed by atoms with Gasteiger partial charge in [0.15, 0.2) is 0 Å². The lowest BCUT2D eigenvalue weighted by Crippen LogP contribution is -2.62. The van der Waals surface area contributed by atoms with E-state index in [1.807, 2.05) is 36.4 Å². The number of carboxylic acids is 1. The Balaban J connectivity index is 1.48. The average Bonchev–Trinajstić information content (AvgIpc) is 3.19. The number of nitrogens with one attached hydrogen (secondary N) is 1. The molecule has 0 aromatic heterocycles. The maximum absolute atomic E-state index is 13.5. The number of alkyl carbamates (subject to hydrolysis) is 1. The molecule has 2 amide bonds. The van der Waals surface area contributed by atoms with Crippen molar-refractivity contribution in [2.45, 2.75) is 38.1 Å². The van der Waals surface area contributed by atoms with Crippen molar-refractivity contribution in [1.29, 1.82) is 0 Å². The molecule has 1 saturated heterocycles. The summed E-state index contributed by atoms with van der Waals surface area (Å²) in [7, 11) is 0. The number of hydrogen-bond donors (Lipinski definition) is 2. The van der Waals surface area contributed by atoms with Gasteiger partial charge < -0.3 is 24.8 Å². The molecule has 0 bridgehead atoms. The molecule has 2 aromatic carbocycles. The zero-order chi connectivity index (χ0) is 25.0. The van der Waals surface area contributed by atoms with Crippen LogP contribution in [0.4, 0.5) is 4.79 Å². The van der Waals surface area contributed by atoms with Gasteiger partial charge in [-0.2, -0.15) is 0 Å². The van der Waals surface area contributed by atoms with E-state index in [1.54, 1.807) is 13.8 Å². The summed E-state index contributed by atoms with van der Waals surface area (Å²) in [4.78, 5) is 39.4. The quantitative estimate of drug-likeness (QED) is 0.598. The standard InChI is InChI=1S/C27H32N2O6/c1-3-29(16-18(2)24(30)31)25(32)27(12-14-34-15-13-27)28-26(33)35-17-23-21-10-6-4-8-19(21)20-9-5-7-11-22(20)23/h4-11,18,23H,3,12-17H2,1-2H3,(H,28,33)(H,30,31). The molecular formula is C27H32N2O6. The smallest absolute Gasteiger partial charge is 0.408 e. The summed E-state index contributed by atoms with van der Waals surface area (Å²) in [6.07, 6.45) is -0.0634. The number of amides is 2. The average molecular weight is 481 g/mol. The van der Waals surface area contributed by atoms with E-state index in [2.05, 4.69) is 17.4 Å². The predicted molar refractivity (Wildman–Crippen MR) is 130 cm³/mol. The van der Waals surface area contributed by atoms with Crippen LogP contribution in [0.1, 0.15) is 43.7 Å². The number of ether oxygens (including phenoxy) is 2. The molecule has 1 atom stereocenters. The Bertz CT molecular complexity index is 1050. The Morgan fingerprint density at radius 2 is 1.66 bits per heavy atom. The molecule has 2 aromatic rings.